The summed E-state index contributed by atoms with van der Waals surface area (Å²) in [5, 5.41) is 19.0. The molecule has 0 aliphatic heterocycles. The van der Waals surface area contributed by atoms with Crippen molar-refractivity contribution in [2.45, 2.75) is 90.9 Å². The second-order valence-corrected chi connectivity index (χ2v) is 8.32. The lowest BCUT2D eigenvalue weighted by atomic mass is 9.78. The van der Waals surface area contributed by atoms with Crippen molar-refractivity contribution < 1.29 is 4.74 Å². The molecular weight excluding hydrogens is 344 g/mol. The smallest absolute Gasteiger partial charge is 0.138 e. The summed E-state index contributed by atoms with van der Waals surface area (Å²) in [7, 11) is 0. The van der Waals surface area contributed by atoms with E-state index < -0.39 is 0 Å². The van der Waals surface area contributed by atoms with Crippen LogP contribution in [0.2, 0.25) is 0 Å². The second-order valence-electron chi connectivity index (χ2n) is 8.32. The van der Waals surface area contributed by atoms with Crippen LogP contribution in [0.5, 0.6) is 5.75 Å². The molecule has 0 aromatic heterocycles. The van der Waals surface area contributed by atoms with Gasteiger partial charge >= 0.3 is 0 Å². The molecule has 0 bridgehead atoms. The van der Waals surface area contributed by atoms with Crippen LogP contribution in [0.15, 0.2) is 12.1 Å². The van der Waals surface area contributed by atoms with Gasteiger partial charge in [-0.2, -0.15) is 10.5 Å². The number of benzene rings is 1. The van der Waals surface area contributed by atoms with Crippen molar-refractivity contribution >= 4 is 0 Å². The van der Waals surface area contributed by atoms with Gasteiger partial charge in [-0.25, -0.2) is 0 Å². The van der Waals surface area contributed by atoms with Crippen LogP contribution in [0, 0.1) is 34.5 Å². The first-order valence-corrected chi connectivity index (χ1v) is 11.3. The number of hydrogen-bond acceptors (Lipinski definition) is 3. The monoisotopic (exact) mass is 380 g/mol. The molecule has 3 heteroatoms. The van der Waals surface area contributed by atoms with Gasteiger partial charge in [0.15, 0.2) is 0 Å². The molecule has 0 amide bonds. The molecule has 1 aliphatic rings. The highest BCUT2D eigenvalue weighted by atomic mass is 16.5. The average molecular weight is 381 g/mol. The zero-order chi connectivity index (χ0) is 20.2. The van der Waals surface area contributed by atoms with E-state index in [1.54, 1.807) is 0 Å². The molecule has 1 saturated carbocycles. The molecule has 0 radical (unpaired) electrons. The van der Waals surface area contributed by atoms with Crippen molar-refractivity contribution in [1.82, 2.24) is 0 Å². The van der Waals surface area contributed by atoms with E-state index in [2.05, 4.69) is 26.0 Å². The summed E-state index contributed by atoms with van der Waals surface area (Å²) in [5.41, 5.74) is 1.84. The Morgan fingerprint density at radius 3 is 2.07 bits per heavy atom. The number of aryl methyl sites for hydroxylation is 1. The molecule has 1 fully saturated rings. The molecule has 3 nitrogen and oxygen atoms in total. The maximum Gasteiger partial charge on any atom is 0.138 e. The normalized spacial score (nSPS) is 19.0. The fraction of sp³-hybridized carbons (Fsp3) is 0.680. The molecule has 1 aliphatic carbocycles. The standard InChI is InChI=1S/C25H36N2O/c1-3-5-6-9-20-11-13-21(14-12-20)10-7-17-28-25-16-15-22(8-4-2)23(18-26)24(25)19-27/h15-16,20-21H,3-14,17H2,1-2H3/t20-,21-. The Bertz CT molecular complexity index is 675. The summed E-state index contributed by atoms with van der Waals surface area (Å²) in [6, 6.07) is 8.19. The highest BCUT2D eigenvalue weighted by molar-refractivity contribution is 5.57. The Morgan fingerprint density at radius 1 is 0.857 bits per heavy atom. The molecule has 0 spiro atoms. The lowest BCUT2D eigenvalue weighted by molar-refractivity contribution is 0.228. The summed E-state index contributed by atoms with van der Waals surface area (Å²) in [6.07, 6.45) is 15.1. The first kappa shape index (κ1) is 22.3. The minimum absolute atomic E-state index is 0.404. The average Bonchev–Trinajstić information content (AvgIpc) is 2.73. The van der Waals surface area contributed by atoms with Gasteiger partial charge in [0.05, 0.1) is 12.2 Å². The molecule has 0 unspecified atom stereocenters. The van der Waals surface area contributed by atoms with Gasteiger partial charge in [0.25, 0.3) is 0 Å². The zero-order valence-electron chi connectivity index (χ0n) is 17.8. The van der Waals surface area contributed by atoms with Crippen molar-refractivity contribution in [1.29, 1.82) is 10.5 Å². The van der Waals surface area contributed by atoms with Crippen LogP contribution < -0.4 is 4.74 Å². The summed E-state index contributed by atoms with van der Waals surface area (Å²) in [5.74, 6) is 2.37. The summed E-state index contributed by atoms with van der Waals surface area (Å²) in [6.45, 7) is 4.98. The first-order valence-electron chi connectivity index (χ1n) is 11.3. The first-order chi connectivity index (χ1) is 13.7. The highest BCUT2D eigenvalue weighted by Gasteiger charge is 2.20. The third-order valence-electron chi connectivity index (χ3n) is 6.19. The zero-order valence-corrected chi connectivity index (χ0v) is 17.8. The Kier molecular flexibility index (Phi) is 9.92. The van der Waals surface area contributed by atoms with E-state index >= 15 is 0 Å². The third kappa shape index (κ3) is 6.56. The van der Waals surface area contributed by atoms with Crippen molar-refractivity contribution in [3.8, 4) is 17.9 Å². The molecule has 1 aromatic rings. The van der Waals surface area contributed by atoms with E-state index in [0.29, 0.717) is 23.5 Å². The minimum atomic E-state index is 0.404. The van der Waals surface area contributed by atoms with Crippen molar-refractivity contribution in [2.24, 2.45) is 11.8 Å². The molecule has 0 N–H and O–H groups in total. The molecule has 2 rings (SSSR count). The summed E-state index contributed by atoms with van der Waals surface area (Å²) < 4.78 is 5.91. The van der Waals surface area contributed by atoms with Gasteiger partial charge in [-0.1, -0.05) is 77.7 Å². The maximum atomic E-state index is 9.50. The highest BCUT2D eigenvalue weighted by Crippen LogP contribution is 2.34. The van der Waals surface area contributed by atoms with Crippen LogP contribution in [-0.4, -0.2) is 6.61 Å². The number of hydrogen-bond donors (Lipinski definition) is 0. The van der Waals surface area contributed by atoms with E-state index in [4.69, 9.17) is 4.74 Å². The fourth-order valence-electron chi connectivity index (χ4n) is 4.51. The van der Waals surface area contributed by atoms with E-state index in [0.717, 1.165) is 36.7 Å². The van der Waals surface area contributed by atoms with E-state index in [-0.39, 0.29) is 0 Å². The van der Waals surface area contributed by atoms with E-state index in [9.17, 15) is 10.5 Å². The second kappa shape index (κ2) is 12.5. The Morgan fingerprint density at radius 2 is 1.50 bits per heavy atom. The molecule has 28 heavy (non-hydrogen) atoms. The molecular formula is C25H36N2O. The molecule has 0 saturated heterocycles. The maximum absolute atomic E-state index is 9.50. The number of nitriles is 2. The Hall–Kier alpha value is -2.00. The molecule has 152 valence electrons. The third-order valence-corrected chi connectivity index (χ3v) is 6.19. The number of nitrogens with zero attached hydrogens (tertiary/aromatic N) is 2. The van der Waals surface area contributed by atoms with Crippen LogP contribution in [0.4, 0.5) is 0 Å². The van der Waals surface area contributed by atoms with Crippen LogP contribution in [0.25, 0.3) is 0 Å². The Balaban J connectivity index is 1.76. The van der Waals surface area contributed by atoms with Gasteiger partial charge in [-0.3, -0.25) is 0 Å². The quantitative estimate of drug-likeness (QED) is 0.391. The van der Waals surface area contributed by atoms with Crippen LogP contribution in [-0.2, 0) is 6.42 Å². The number of unbranched alkanes of at least 4 members (excludes halogenated alkanes) is 2. The van der Waals surface area contributed by atoms with Gasteiger partial charge < -0.3 is 4.74 Å². The van der Waals surface area contributed by atoms with Crippen molar-refractivity contribution in [3.63, 3.8) is 0 Å². The van der Waals surface area contributed by atoms with Crippen LogP contribution in [0.3, 0.4) is 0 Å². The van der Waals surface area contributed by atoms with Crippen molar-refractivity contribution in [3.05, 3.63) is 28.8 Å². The predicted molar refractivity (Wildman–Crippen MR) is 114 cm³/mol. The molecule has 1 aromatic carbocycles. The van der Waals surface area contributed by atoms with Crippen LogP contribution >= 0.6 is 0 Å². The lowest BCUT2D eigenvalue weighted by Crippen LogP contribution is -2.15. The summed E-state index contributed by atoms with van der Waals surface area (Å²) in [4.78, 5) is 0. The number of ether oxygens (including phenoxy) is 1. The SMILES string of the molecule is CCCCC[C@H]1CC[C@H](CCCOc2ccc(CCC)c(C#N)c2C#N)CC1. The van der Waals surface area contributed by atoms with Gasteiger partial charge in [0, 0.05) is 0 Å². The van der Waals surface area contributed by atoms with Gasteiger partial charge in [-0.15, -0.1) is 0 Å². The van der Waals surface area contributed by atoms with Crippen LogP contribution in [0.1, 0.15) is 101 Å². The predicted octanol–water partition coefficient (Wildman–Crippen LogP) is 6.93. The van der Waals surface area contributed by atoms with E-state index in [1.165, 1.54) is 57.8 Å². The minimum Gasteiger partial charge on any atom is -0.492 e. The van der Waals surface area contributed by atoms with Crippen molar-refractivity contribution in [2.75, 3.05) is 6.61 Å². The Labute approximate surface area is 171 Å². The van der Waals surface area contributed by atoms with Gasteiger partial charge in [0.2, 0.25) is 0 Å². The topological polar surface area (TPSA) is 56.8 Å². The van der Waals surface area contributed by atoms with Gasteiger partial charge in [-0.05, 0) is 42.7 Å². The fourth-order valence-corrected chi connectivity index (χ4v) is 4.51. The largest absolute Gasteiger partial charge is 0.492 e. The lowest BCUT2D eigenvalue weighted by Gasteiger charge is -2.28. The molecule has 0 atom stereocenters. The summed E-state index contributed by atoms with van der Waals surface area (Å²) >= 11 is 0. The van der Waals surface area contributed by atoms with Gasteiger partial charge in [0.1, 0.15) is 23.5 Å². The number of rotatable bonds is 11. The molecule has 0 heterocycles. The van der Waals surface area contributed by atoms with E-state index in [1.807, 2.05) is 12.1 Å².